The smallest absolute Gasteiger partial charge is 0.191 e. The molecule has 1 saturated heterocycles. The molecule has 0 amide bonds. The van der Waals surface area contributed by atoms with Crippen molar-refractivity contribution in [2.45, 2.75) is 59.1 Å². The number of likely N-dealkylation sites (tertiary alicyclic amines) is 1. The summed E-state index contributed by atoms with van der Waals surface area (Å²) in [5.41, 5.74) is 1.21. The van der Waals surface area contributed by atoms with Gasteiger partial charge in [-0.2, -0.15) is 0 Å². The van der Waals surface area contributed by atoms with Crippen LogP contribution in [0, 0.1) is 5.92 Å². The molecule has 172 valence electrons. The minimum absolute atomic E-state index is 0. The SMILES string of the molecule is CCNC(=NCCCN1CCC(O)CC1)NC(C)c1ccc(OCC(C)C)cc1.I. The molecule has 1 unspecified atom stereocenters. The van der Waals surface area contributed by atoms with Crippen LogP contribution in [0.2, 0.25) is 0 Å². The van der Waals surface area contributed by atoms with Crippen LogP contribution >= 0.6 is 24.0 Å². The summed E-state index contributed by atoms with van der Waals surface area (Å²) < 4.78 is 5.77. The van der Waals surface area contributed by atoms with Crippen LogP contribution in [-0.2, 0) is 0 Å². The van der Waals surface area contributed by atoms with E-state index in [0.717, 1.165) is 70.3 Å². The number of hydrogen-bond donors (Lipinski definition) is 3. The maximum absolute atomic E-state index is 9.60. The van der Waals surface area contributed by atoms with E-state index in [-0.39, 0.29) is 36.1 Å². The molecular weight excluding hydrogens is 491 g/mol. The summed E-state index contributed by atoms with van der Waals surface area (Å²) in [4.78, 5) is 7.16. The molecule has 1 aromatic rings. The van der Waals surface area contributed by atoms with Gasteiger partial charge < -0.3 is 25.4 Å². The molecule has 0 aromatic heterocycles. The average molecular weight is 533 g/mol. The highest BCUT2D eigenvalue weighted by atomic mass is 127. The highest BCUT2D eigenvalue weighted by molar-refractivity contribution is 14.0. The lowest BCUT2D eigenvalue weighted by molar-refractivity contribution is 0.0824. The largest absolute Gasteiger partial charge is 0.493 e. The van der Waals surface area contributed by atoms with E-state index in [1.54, 1.807) is 0 Å². The van der Waals surface area contributed by atoms with Crippen molar-refractivity contribution in [3.63, 3.8) is 0 Å². The summed E-state index contributed by atoms with van der Waals surface area (Å²) >= 11 is 0. The number of hydrogen-bond acceptors (Lipinski definition) is 4. The van der Waals surface area contributed by atoms with Crippen LogP contribution in [0.4, 0.5) is 0 Å². The first-order valence-corrected chi connectivity index (χ1v) is 11.2. The Balaban J connectivity index is 0.00000450. The van der Waals surface area contributed by atoms with Gasteiger partial charge in [-0.1, -0.05) is 26.0 Å². The number of guanidine groups is 1. The van der Waals surface area contributed by atoms with Crippen molar-refractivity contribution in [2.75, 3.05) is 39.3 Å². The molecule has 1 atom stereocenters. The van der Waals surface area contributed by atoms with Gasteiger partial charge in [-0.15, -0.1) is 24.0 Å². The third-order valence-electron chi connectivity index (χ3n) is 5.12. The van der Waals surface area contributed by atoms with E-state index in [9.17, 15) is 5.11 Å². The molecule has 0 aliphatic carbocycles. The Morgan fingerprint density at radius 2 is 1.87 bits per heavy atom. The average Bonchev–Trinajstić information content (AvgIpc) is 2.71. The zero-order chi connectivity index (χ0) is 21.1. The predicted octanol–water partition coefficient (Wildman–Crippen LogP) is 3.80. The maximum Gasteiger partial charge on any atom is 0.191 e. The first kappa shape index (κ1) is 27.0. The van der Waals surface area contributed by atoms with Gasteiger partial charge in [0.05, 0.1) is 18.8 Å². The molecule has 2 rings (SSSR count). The molecule has 7 heteroatoms. The number of nitrogens with zero attached hydrogens (tertiary/aromatic N) is 2. The van der Waals surface area contributed by atoms with Crippen molar-refractivity contribution < 1.29 is 9.84 Å². The van der Waals surface area contributed by atoms with Crippen molar-refractivity contribution in [3.05, 3.63) is 29.8 Å². The summed E-state index contributed by atoms with van der Waals surface area (Å²) in [7, 11) is 0. The summed E-state index contributed by atoms with van der Waals surface area (Å²) in [5, 5.41) is 16.4. The number of ether oxygens (including phenoxy) is 1. The number of aliphatic hydroxyl groups excluding tert-OH is 1. The van der Waals surface area contributed by atoms with Crippen LogP contribution < -0.4 is 15.4 Å². The second kappa shape index (κ2) is 14.9. The molecule has 30 heavy (non-hydrogen) atoms. The van der Waals surface area contributed by atoms with Gasteiger partial charge in [0.25, 0.3) is 0 Å². The Kier molecular flexibility index (Phi) is 13.4. The predicted molar refractivity (Wildman–Crippen MR) is 136 cm³/mol. The van der Waals surface area contributed by atoms with Crippen molar-refractivity contribution in [3.8, 4) is 5.75 Å². The monoisotopic (exact) mass is 532 g/mol. The van der Waals surface area contributed by atoms with E-state index >= 15 is 0 Å². The van der Waals surface area contributed by atoms with Crippen LogP contribution in [0.15, 0.2) is 29.3 Å². The normalized spacial score (nSPS) is 16.8. The Hall–Kier alpha value is -1.06. The number of aliphatic hydroxyl groups is 1. The topological polar surface area (TPSA) is 69.1 Å². The highest BCUT2D eigenvalue weighted by Crippen LogP contribution is 2.18. The van der Waals surface area contributed by atoms with Crippen LogP contribution in [0.1, 0.15) is 58.6 Å². The van der Waals surface area contributed by atoms with Crippen LogP contribution in [0.3, 0.4) is 0 Å². The number of aliphatic imine (C=N–C) groups is 1. The van der Waals surface area contributed by atoms with Crippen molar-refractivity contribution >= 4 is 29.9 Å². The van der Waals surface area contributed by atoms with E-state index in [1.807, 2.05) is 12.1 Å². The van der Waals surface area contributed by atoms with Crippen LogP contribution in [-0.4, -0.2) is 61.4 Å². The summed E-state index contributed by atoms with van der Waals surface area (Å²) in [6.45, 7) is 13.9. The fourth-order valence-corrected chi connectivity index (χ4v) is 3.35. The van der Waals surface area contributed by atoms with Gasteiger partial charge in [0, 0.05) is 26.2 Å². The molecule has 6 nitrogen and oxygen atoms in total. The second-order valence-electron chi connectivity index (χ2n) is 8.33. The first-order valence-electron chi connectivity index (χ1n) is 11.2. The summed E-state index contributed by atoms with van der Waals surface area (Å²) in [6.07, 6.45) is 2.72. The molecule has 0 bridgehead atoms. The van der Waals surface area contributed by atoms with Gasteiger partial charge in [0.1, 0.15) is 5.75 Å². The Morgan fingerprint density at radius 1 is 1.20 bits per heavy atom. The van der Waals surface area contributed by atoms with Gasteiger partial charge in [-0.05, 0) is 63.3 Å². The standard InChI is InChI=1S/C23H40N4O2.HI/c1-5-24-23(25-13-6-14-27-15-11-21(28)12-16-27)26-19(4)20-7-9-22(10-8-20)29-17-18(2)3;/h7-10,18-19,21,28H,5-6,11-17H2,1-4H3,(H2,24,25,26);1H. The molecule has 3 N–H and O–H groups in total. The van der Waals surface area contributed by atoms with Crippen molar-refractivity contribution in [2.24, 2.45) is 10.9 Å². The van der Waals surface area contributed by atoms with Gasteiger partial charge in [-0.25, -0.2) is 0 Å². The fraction of sp³-hybridized carbons (Fsp3) is 0.696. The Morgan fingerprint density at radius 3 is 2.47 bits per heavy atom. The molecule has 1 aliphatic heterocycles. The van der Waals surface area contributed by atoms with E-state index in [4.69, 9.17) is 9.73 Å². The van der Waals surface area contributed by atoms with Crippen molar-refractivity contribution in [1.82, 2.24) is 15.5 Å². The van der Waals surface area contributed by atoms with Crippen molar-refractivity contribution in [1.29, 1.82) is 0 Å². The zero-order valence-corrected chi connectivity index (χ0v) is 21.4. The highest BCUT2D eigenvalue weighted by Gasteiger charge is 2.16. The van der Waals surface area contributed by atoms with Gasteiger partial charge >= 0.3 is 0 Å². The Labute approximate surface area is 199 Å². The molecule has 1 aliphatic rings. The summed E-state index contributed by atoms with van der Waals surface area (Å²) in [6, 6.07) is 8.46. The minimum atomic E-state index is -0.105. The number of nitrogens with one attached hydrogen (secondary N) is 2. The van der Waals surface area contributed by atoms with E-state index in [2.05, 4.69) is 55.4 Å². The molecule has 0 saturated carbocycles. The third kappa shape index (κ3) is 10.3. The lowest BCUT2D eigenvalue weighted by atomic mass is 10.1. The third-order valence-corrected chi connectivity index (χ3v) is 5.12. The number of rotatable bonds is 10. The molecular formula is C23H41IN4O2. The number of benzene rings is 1. The Bertz CT molecular complexity index is 602. The van der Waals surface area contributed by atoms with E-state index < -0.39 is 0 Å². The van der Waals surface area contributed by atoms with Gasteiger partial charge in [0.15, 0.2) is 5.96 Å². The van der Waals surface area contributed by atoms with Crippen LogP contribution in [0.5, 0.6) is 5.75 Å². The molecule has 1 fully saturated rings. The number of halogens is 1. The molecule has 1 heterocycles. The zero-order valence-electron chi connectivity index (χ0n) is 19.1. The molecule has 0 spiro atoms. The lowest BCUT2D eigenvalue weighted by Gasteiger charge is -2.29. The van der Waals surface area contributed by atoms with Crippen LogP contribution in [0.25, 0.3) is 0 Å². The van der Waals surface area contributed by atoms with Gasteiger partial charge in [0.2, 0.25) is 0 Å². The lowest BCUT2D eigenvalue weighted by Crippen LogP contribution is -2.39. The second-order valence-corrected chi connectivity index (χ2v) is 8.33. The van der Waals surface area contributed by atoms with Gasteiger partial charge in [-0.3, -0.25) is 4.99 Å². The number of piperidine rings is 1. The maximum atomic E-state index is 9.60. The van der Waals surface area contributed by atoms with E-state index in [0.29, 0.717) is 5.92 Å². The molecule has 0 radical (unpaired) electrons. The quantitative estimate of drug-likeness (QED) is 0.185. The fourth-order valence-electron chi connectivity index (χ4n) is 3.35. The molecule has 1 aromatic carbocycles. The summed E-state index contributed by atoms with van der Waals surface area (Å²) in [5.74, 6) is 2.30. The first-order chi connectivity index (χ1) is 14.0. The van der Waals surface area contributed by atoms with E-state index in [1.165, 1.54) is 5.56 Å². The minimum Gasteiger partial charge on any atom is -0.493 e.